The second kappa shape index (κ2) is 8.25. The lowest BCUT2D eigenvalue weighted by Gasteiger charge is -2.31. The molecule has 1 aliphatic heterocycles. The molecule has 1 unspecified atom stereocenters. The minimum absolute atomic E-state index is 0.388. The molecule has 2 rings (SSSR count). The maximum atomic E-state index is 5.80. The molecular weight excluding hydrogens is 252 g/mol. The Morgan fingerprint density at radius 2 is 2.10 bits per heavy atom. The lowest BCUT2D eigenvalue weighted by Crippen LogP contribution is -2.41. The van der Waals surface area contributed by atoms with Gasteiger partial charge in [0, 0.05) is 20.2 Å². The zero-order valence-corrected chi connectivity index (χ0v) is 12.4. The number of likely N-dealkylation sites (tertiary alicyclic amines) is 1. The molecule has 4 heteroatoms. The Morgan fingerprint density at radius 1 is 1.30 bits per heavy atom. The van der Waals surface area contributed by atoms with Gasteiger partial charge < -0.3 is 15.2 Å². The van der Waals surface area contributed by atoms with Gasteiger partial charge in [0.2, 0.25) is 0 Å². The van der Waals surface area contributed by atoms with Crippen LogP contribution in [0.3, 0.4) is 0 Å². The van der Waals surface area contributed by atoms with Crippen LogP contribution in [0, 0.1) is 0 Å². The molecule has 1 aliphatic rings. The number of nitrogens with zero attached hydrogens (tertiary/aromatic N) is 1. The summed E-state index contributed by atoms with van der Waals surface area (Å²) in [4.78, 5) is 2.42. The summed E-state index contributed by atoms with van der Waals surface area (Å²) in [6, 6.07) is 8.23. The van der Waals surface area contributed by atoms with E-state index in [0.29, 0.717) is 12.6 Å². The van der Waals surface area contributed by atoms with E-state index in [0.717, 1.165) is 38.4 Å². The Labute approximate surface area is 121 Å². The Kier molecular flexibility index (Phi) is 6.30. The van der Waals surface area contributed by atoms with Gasteiger partial charge in [-0.2, -0.15) is 0 Å². The van der Waals surface area contributed by atoms with Crippen LogP contribution < -0.4 is 10.5 Å². The predicted molar refractivity (Wildman–Crippen MR) is 81.2 cm³/mol. The van der Waals surface area contributed by atoms with Crippen molar-refractivity contribution in [2.75, 3.05) is 39.9 Å². The standard InChI is InChI=1S/C16H26N2O2/c1-19-16-3-2-10-18(13-16)11-12-20-15-6-4-14(5-7-15)8-9-17/h4-7,16H,2-3,8-13,17H2,1H3. The molecule has 0 saturated carbocycles. The van der Waals surface area contributed by atoms with Gasteiger partial charge in [-0.3, -0.25) is 4.90 Å². The second-order valence-corrected chi connectivity index (χ2v) is 5.33. The third-order valence-corrected chi connectivity index (χ3v) is 3.83. The average Bonchev–Trinajstić information content (AvgIpc) is 2.50. The van der Waals surface area contributed by atoms with E-state index in [1.165, 1.54) is 18.4 Å². The van der Waals surface area contributed by atoms with Crippen LogP contribution in [0.2, 0.25) is 0 Å². The number of hydrogen-bond acceptors (Lipinski definition) is 4. The Hall–Kier alpha value is -1.10. The first-order chi connectivity index (χ1) is 9.81. The first kappa shape index (κ1) is 15.3. The molecule has 0 radical (unpaired) electrons. The first-order valence-electron chi connectivity index (χ1n) is 7.49. The fraction of sp³-hybridized carbons (Fsp3) is 0.625. The van der Waals surface area contributed by atoms with Crippen molar-refractivity contribution in [2.45, 2.75) is 25.4 Å². The van der Waals surface area contributed by atoms with Crippen molar-refractivity contribution in [3.63, 3.8) is 0 Å². The van der Waals surface area contributed by atoms with E-state index >= 15 is 0 Å². The molecule has 1 heterocycles. The topological polar surface area (TPSA) is 47.7 Å². The van der Waals surface area contributed by atoms with E-state index in [4.69, 9.17) is 15.2 Å². The Balaban J connectivity index is 1.69. The SMILES string of the molecule is COC1CCCN(CCOc2ccc(CCN)cc2)C1. The van der Waals surface area contributed by atoms with Crippen LogP contribution in [0.15, 0.2) is 24.3 Å². The second-order valence-electron chi connectivity index (χ2n) is 5.33. The fourth-order valence-corrected chi connectivity index (χ4v) is 2.62. The summed E-state index contributed by atoms with van der Waals surface area (Å²) in [5, 5.41) is 0. The molecule has 0 spiro atoms. The van der Waals surface area contributed by atoms with Gasteiger partial charge in [-0.15, -0.1) is 0 Å². The van der Waals surface area contributed by atoms with Crippen molar-refractivity contribution >= 4 is 0 Å². The van der Waals surface area contributed by atoms with Crippen molar-refractivity contribution in [3.8, 4) is 5.75 Å². The summed E-state index contributed by atoms with van der Waals surface area (Å²) < 4.78 is 11.2. The molecule has 1 aromatic carbocycles. The molecular formula is C16H26N2O2. The van der Waals surface area contributed by atoms with Crippen LogP contribution >= 0.6 is 0 Å². The molecule has 4 nitrogen and oxygen atoms in total. The summed E-state index contributed by atoms with van der Waals surface area (Å²) in [5.74, 6) is 0.936. The number of benzene rings is 1. The van der Waals surface area contributed by atoms with E-state index < -0.39 is 0 Å². The normalized spacial score (nSPS) is 20.0. The summed E-state index contributed by atoms with van der Waals surface area (Å²) in [6.07, 6.45) is 3.70. The van der Waals surface area contributed by atoms with Crippen molar-refractivity contribution in [2.24, 2.45) is 5.73 Å². The highest BCUT2D eigenvalue weighted by Gasteiger charge is 2.18. The zero-order chi connectivity index (χ0) is 14.2. The summed E-state index contributed by atoms with van der Waals surface area (Å²) in [6.45, 7) is 4.56. The van der Waals surface area contributed by atoms with Crippen LogP contribution in [-0.2, 0) is 11.2 Å². The predicted octanol–water partition coefficient (Wildman–Crippen LogP) is 1.68. The molecule has 0 aliphatic carbocycles. The van der Waals surface area contributed by atoms with Crippen molar-refractivity contribution in [1.82, 2.24) is 4.90 Å². The van der Waals surface area contributed by atoms with Gasteiger partial charge in [-0.25, -0.2) is 0 Å². The highest BCUT2D eigenvalue weighted by molar-refractivity contribution is 5.27. The van der Waals surface area contributed by atoms with Gasteiger partial charge in [-0.1, -0.05) is 12.1 Å². The maximum Gasteiger partial charge on any atom is 0.119 e. The highest BCUT2D eigenvalue weighted by Crippen LogP contribution is 2.14. The number of piperidine rings is 1. The van der Waals surface area contributed by atoms with Crippen LogP contribution in [0.4, 0.5) is 0 Å². The number of rotatable bonds is 7. The van der Waals surface area contributed by atoms with Gasteiger partial charge in [0.1, 0.15) is 12.4 Å². The highest BCUT2D eigenvalue weighted by atomic mass is 16.5. The van der Waals surface area contributed by atoms with E-state index in [1.807, 2.05) is 12.1 Å². The molecule has 1 fully saturated rings. The van der Waals surface area contributed by atoms with Crippen LogP contribution in [-0.4, -0.2) is 50.9 Å². The fourth-order valence-electron chi connectivity index (χ4n) is 2.62. The Morgan fingerprint density at radius 3 is 2.80 bits per heavy atom. The lowest BCUT2D eigenvalue weighted by atomic mass is 10.1. The van der Waals surface area contributed by atoms with Crippen LogP contribution in [0.5, 0.6) is 5.75 Å². The van der Waals surface area contributed by atoms with Gasteiger partial charge in [0.15, 0.2) is 0 Å². The van der Waals surface area contributed by atoms with Gasteiger partial charge >= 0.3 is 0 Å². The minimum Gasteiger partial charge on any atom is -0.492 e. The molecule has 2 N–H and O–H groups in total. The summed E-state index contributed by atoms with van der Waals surface area (Å²) >= 11 is 0. The monoisotopic (exact) mass is 278 g/mol. The van der Waals surface area contributed by atoms with Gasteiger partial charge in [0.25, 0.3) is 0 Å². The number of nitrogens with two attached hydrogens (primary N) is 1. The smallest absolute Gasteiger partial charge is 0.119 e. The molecule has 1 aromatic rings. The van der Waals surface area contributed by atoms with E-state index in [1.54, 1.807) is 7.11 Å². The van der Waals surface area contributed by atoms with Crippen molar-refractivity contribution in [3.05, 3.63) is 29.8 Å². The quantitative estimate of drug-likeness (QED) is 0.824. The number of ether oxygens (including phenoxy) is 2. The van der Waals surface area contributed by atoms with Crippen molar-refractivity contribution < 1.29 is 9.47 Å². The van der Waals surface area contributed by atoms with Gasteiger partial charge in [0.05, 0.1) is 6.10 Å². The van der Waals surface area contributed by atoms with E-state index in [9.17, 15) is 0 Å². The lowest BCUT2D eigenvalue weighted by molar-refractivity contribution is 0.0272. The molecule has 0 bridgehead atoms. The molecule has 1 saturated heterocycles. The largest absolute Gasteiger partial charge is 0.492 e. The minimum atomic E-state index is 0.388. The van der Waals surface area contributed by atoms with Crippen LogP contribution in [0.1, 0.15) is 18.4 Å². The number of methoxy groups -OCH3 is 1. The van der Waals surface area contributed by atoms with Gasteiger partial charge in [-0.05, 0) is 50.0 Å². The maximum absolute atomic E-state index is 5.80. The van der Waals surface area contributed by atoms with Crippen LogP contribution in [0.25, 0.3) is 0 Å². The zero-order valence-electron chi connectivity index (χ0n) is 12.4. The molecule has 20 heavy (non-hydrogen) atoms. The molecule has 0 amide bonds. The molecule has 112 valence electrons. The first-order valence-corrected chi connectivity index (χ1v) is 7.49. The Bertz CT molecular complexity index is 381. The molecule has 1 atom stereocenters. The summed E-state index contributed by atoms with van der Waals surface area (Å²) in [5.41, 5.74) is 6.80. The van der Waals surface area contributed by atoms with Crippen molar-refractivity contribution in [1.29, 1.82) is 0 Å². The van der Waals surface area contributed by atoms with E-state index in [2.05, 4.69) is 17.0 Å². The summed E-state index contributed by atoms with van der Waals surface area (Å²) in [7, 11) is 1.80. The third kappa shape index (κ3) is 4.78. The average molecular weight is 278 g/mol. The molecule has 0 aromatic heterocycles. The number of hydrogen-bond donors (Lipinski definition) is 1. The third-order valence-electron chi connectivity index (χ3n) is 3.83. The van der Waals surface area contributed by atoms with E-state index in [-0.39, 0.29) is 0 Å².